The minimum Gasteiger partial charge on any atom is -0.464 e. The number of nitrogens with one attached hydrogen (secondary N) is 1. The number of hydrazine groups is 1. The number of Topliss-reactive ketones (excluding diaryl/α,β-unsaturated/α-hetero) is 1. The molecule has 62 heavy (non-hydrogen) atoms. The average molecular weight is 871 g/mol. The van der Waals surface area contributed by atoms with Crippen molar-refractivity contribution in [3.05, 3.63) is 88.3 Å². The molecule has 2 saturated carbocycles. The van der Waals surface area contributed by atoms with E-state index in [9.17, 15) is 9.59 Å². The summed E-state index contributed by atoms with van der Waals surface area (Å²) in [4.78, 5) is 59.3. The molecule has 1 spiro atoms. The highest BCUT2D eigenvalue weighted by Crippen LogP contribution is 2.80. The number of amides is 1. The number of pyridine rings is 2. The molecule has 4 aromatic heterocycles. The van der Waals surface area contributed by atoms with Crippen LogP contribution in [0.4, 0.5) is 0 Å². The number of aromatic nitrogens is 4. The van der Waals surface area contributed by atoms with E-state index >= 15 is 4.79 Å². The second kappa shape index (κ2) is 15.9. The molecule has 1 aromatic carbocycles. The molecule has 1 N–H and O–H groups in total. The number of esters is 1. The minimum absolute atomic E-state index is 0.00949. The summed E-state index contributed by atoms with van der Waals surface area (Å²) in [6.45, 7) is 12.0. The second-order valence-electron chi connectivity index (χ2n) is 18.4. The number of carbonyl (C=O) groups excluding carboxylic acids is 3. The standard InChI is InChI=1S/C48H54N6O6SSi/c1-7-53-36-17-16-27-21-30(36)32(39(53)28-13-11-19-50-38(28)26(3)58-6)23-47(4,5)25-60-45(56)34-15-12-20-54(52-34)46(57)48(42(59-8-2)44-51-35(27)24-61-44)37(41-43(48)62-41)40(55)31-22-29(31)33-14-9-10-18-49-33/h9-11,13-14,16-19,21,24,26,29,31,34,37,41-43,52H,7-8,12,15,20,22-23,25H2,1-6H3/t26-,29-,31-,34-,37?,41?,42+,43?,48?/m0/s1. The predicted octanol–water partition coefficient (Wildman–Crippen LogP) is 7.93. The lowest BCUT2D eigenvalue weighted by Crippen LogP contribution is -2.64. The van der Waals surface area contributed by atoms with Crippen molar-refractivity contribution in [2.24, 2.45) is 22.7 Å². The van der Waals surface area contributed by atoms with Gasteiger partial charge in [0, 0.05) is 105 Å². The summed E-state index contributed by atoms with van der Waals surface area (Å²) in [6.07, 6.45) is 5.09. The minimum atomic E-state index is -1.17. The first-order valence-corrected chi connectivity index (χ1v) is 24.2. The van der Waals surface area contributed by atoms with Crippen molar-refractivity contribution < 1.29 is 28.6 Å². The van der Waals surface area contributed by atoms with Crippen LogP contribution in [0.2, 0.25) is 11.1 Å². The van der Waals surface area contributed by atoms with Gasteiger partial charge in [0.25, 0.3) is 0 Å². The molecule has 322 valence electrons. The number of carbonyl (C=O) groups is 3. The number of hydrogen-bond acceptors (Lipinski definition) is 11. The fraction of sp³-hybridized carbons (Fsp3) is 0.500. The number of aryl methyl sites for hydroxylation is 1. The molecular weight excluding hydrogens is 817 g/mol. The maximum atomic E-state index is 15.6. The third-order valence-corrected chi connectivity index (χ3v) is 16.8. The molecule has 2 radical (unpaired) electrons. The fourth-order valence-electron chi connectivity index (χ4n) is 10.8. The molecule has 5 aliphatic rings. The summed E-state index contributed by atoms with van der Waals surface area (Å²) >= 11 is 1.49. The highest BCUT2D eigenvalue weighted by Gasteiger charge is 2.81. The summed E-state index contributed by atoms with van der Waals surface area (Å²) in [5.41, 5.74) is 9.64. The Morgan fingerprint density at radius 2 is 1.95 bits per heavy atom. The van der Waals surface area contributed by atoms with Gasteiger partial charge in [-0.1, -0.05) is 26.0 Å². The van der Waals surface area contributed by atoms with E-state index in [0.717, 1.165) is 63.3 Å². The van der Waals surface area contributed by atoms with Gasteiger partial charge < -0.3 is 18.8 Å². The fourth-order valence-corrected chi connectivity index (χ4v) is 13.9. The summed E-state index contributed by atoms with van der Waals surface area (Å²) in [5, 5.41) is 5.47. The number of fused-ring (bicyclic) bond motifs is 8. The monoisotopic (exact) mass is 870 g/mol. The number of rotatable bonds is 9. The molecule has 2 aliphatic carbocycles. The number of hydrogen-bond donors (Lipinski definition) is 1. The third-order valence-electron chi connectivity index (χ3n) is 14.0. The number of methoxy groups -OCH3 is 1. The molecule has 5 aromatic rings. The molecule has 7 heterocycles. The SMILES string of the molecule is CCO[C@@H]1c2nc(cs2)-c2ccc3c(c2)c(c(-c2cccnc2[C@H](C)OC)n3CC)CC(C)(C)COC(=O)[C@@H]2CCCN(N2)C(=O)C12C1[Si]C1C2C(=O)[C@H]1C[C@@H]1c1ccccn1. The van der Waals surface area contributed by atoms with Crippen molar-refractivity contribution in [2.75, 3.05) is 26.9 Å². The largest absolute Gasteiger partial charge is 0.464 e. The van der Waals surface area contributed by atoms with Crippen molar-refractivity contribution in [1.29, 1.82) is 0 Å². The molecule has 10 rings (SSSR count). The maximum absolute atomic E-state index is 15.6. The van der Waals surface area contributed by atoms with Crippen molar-refractivity contribution >= 4 is 49.4 Å². The van der Waals surface area contributed by atoms with E-state index in [1.54, 1.807) is 18.3 Å². The summed E-state index contributed by atoms with van der Waals surface area (Å²) in [7, 11) is 2.17. The number of cyclic esters (lactones) is 1. The highest BCUT2D eigenvalue weighted by molar-refractivity contribution is 7.10. The number of ketones is 1. The van der Waals surface area contributed by atoms with Crippen LogP contribution in [0.1, 0.15) is 94.0 Å². The first-order chi connectivity index (χ1) is 30.0. The first-order valence-electron chi connectivity index (χ1n) is 22.2. The van der Waals surface area contributed by atoms with Gasteiger partial charge in [0.2, 0.25) is 5.91 Å². The van der Waals surface area contributed by atoms with Crippen molar-refractivity contribution in [3.63, 3.8) is 0 Å². The van der Waals surface area contributed by atoms with E-state index in [1.807, 2.05) is 44.3 Å². The van der Waals surface area contributed by atoms with Crippen LogP contribution in [0.15, 0.2) is 66.3 Å². The van der Waals surface area contributed by atoms with E-state index < -0.39 is 28.9 Å². The molecular formula is C48H54N6O6SSi. The Kier molecular flexibility index (Phi) is 10.6. The predicted molar refractivity (Wildman–Crippen MR) is 237 cm³/mol. The van der Waals surface area contributed by atoms with E-state index in [1.165, 1.54) is 11.3 Å². The van der Waals surface area contributed by atoms with Crippen LogP contribution in [0.5, 0.6) is 0 Å². The topological polar surface area (TPSA) is 138 Å². The molecule has 2 saturated heterocycles. The summed E-state index contributed by atoms with van der Waals surface area (Å²) < 4.78 is 21.2. The van der Waals surface area contributed by atoms with Crippen LogP contribution in [0, 0.1) is 22.7 Å². The van der Waals surface area contributed by atoms with E-state index in [-0.39, 0.29) is 53.3 Å². The first kappa shape index (κ1) is 41.4. The Labute approximate surface area is 369 Å². The quantitative estimate of drug-likeness (QED) is 0.115. The van der Waals surface area contributed by atoms with Crippen LogP contribution in [0.25, 0.3) is 33.4 Å². The number of nitrogens with zero attached hydrogens (tertiary/aromatic N) is 5. The normalized spacial score (nSPS) is 29.4. The van der Waals surface area contributed by atoms with Gasteiger partial charge in [-0.3, -0.25) is 29.4 Å². The second-order valence-corrected chi connectivity index (χ2v) is 21.0. The summed E-state index contributed by atoms with van der Waals surface area (Å²) in [5.74, 6) is -1.11. The zero-order valence-corrected chi connectivity index (χ0v) is 38.0. The molecule has 1 amide bonds. The van der Waals surface area contributed by atoms with Crippen LogP contribution < -0.4 is 5.43 Å². The van der Waals surface area contributed by atoms with Crippen LogP contribution >= 0.6 is 11.3 Å². The Hall–Kier alpha value is -4.60. The van der Waals surface area contributed by atoms with E-state index in [4.69, 9.17) is 24.2 Å². The van der Waals surface area contributed by atoms with Gasteiger partial charge in [-0.05, 0) is 99.5 Å². The molecule has 6 bridgehead atoms. The van der Waals surface area contributed by atoms with Crippen LogP contribution in [0.3, 0.4) is 0 Å². The Bertz CT molecular complexity index is 2560. The van der Waals surface area contributed by atoms with E-state index in [2.05, 4.69) is 65.4 Å². The van der Waals surface area contributed by atoms with Gasteiger partial charge >= 0.3 is 5.97 Å². The Morgan fingerprint density at radius 1 is 1.11 bits per heavy atom. The zero-order chi connectivity index (χ0) is 43.1. The summed E-state index contributed by atoms with van der Waals surface area (Å²) in [6, 6.07) is 15.8. The number of benzene rings is 1. The molecule has 9 atom stereocenters. The van der Waals surface area contributed by atoms with E-state index in [0.29, 0.717) is 46.9 Å². The highest BCUT2D eigenvalue weighted by atomic mass is 32.1. The van der Waals surface area contributed by atoms with Crippen LogP contribution in [-0.2, 0) is 41.6 Å². The van der Waals surface area contributed by atoms with Crippen molar-refractivity contribution in [3.8, 4) is 22.5 Å². The number of ether oxygens (including phenoxy) is 3. The molecule has 4 fully saturated rings. The van der Waals surface area contributed by atoms with Crippen molar-refractivity contribution in [1.82, 2.24) is 30.0 Å². The molecule has 3 aliphatic heterocycles. The maximum Gasteiger partial charge on any atom is 0.324 e. The van der Waals surface area contributed by atoms with Gasteiger partial charge in [-0.2, -0.15) is 0 Å². The van der Waals surface area contributed by atoms with Crippen molar-refractivity contribution in [2.45, 2.75) is 102 Å². The molecule has 14 heteroatoms. The van der Waals surface area contributed by atoms with Gasteiger partial charge in [-0.15, -0.1) is 11.3 Å². The zero-order valence-electron chi connectivity index (χ0n) is 36.2. The smallest absolute Gasteiger partial charge is 0.324 e. The van der Waals surface area contributed by atoms with Gasteiger partial charge in [0.1, 0.15) is 22.9 Å². The lowest BCUT2D eigenvalue weighted by molar-refractivity contribution is -0.181. The Balaban J connectivity index is 1.12. The molecule has 12 nitrogen and oxygen atoms in total. The van der Waals surface area contributed by atoms with Gasteiger partial charge in [-0.25, -0.2) is 10.4 Å². The number of thiazole rings is 1. The van der Waals surface area contributed by atoms with Crippen LogP contribution in [-0.4, -0.2) is 84.6 Å². The van der Waals surface area contributed by atoms with Gasteiger partial charge in [0.05, 0.1) is 35.2 Å². The molecule has 4 unspecified atom stereocenters. The third kappa shape index (κ3) is 6.70. The average Bonchev–Trinajstić information content (AvgIpc) is 4.16. The van der Waals surface area contributed by atoms with Gasteiger partial charge in [0.15, 0.2) is 0 Å². The lowest BCUT2D eigenvalue weighted by Gasteiger charge is -2.53. The Morgan fingerprint density at radius 3 is 2.73 bits per heavy atom. The lowest BCUT2D eigenvalue weighted by atomic mass is 9.54.